The molecule has 19 nitrogen and oxygen atoms in total. The maximum absolute atomic E-state index is 13.1. The number of likely N-dealkylation sites (tertiary alicyclic amines) is 1. The third-order valence-corrected chi connectivity index (χ3v) is 9.35. The molecule has 2 unspecified atom stereocenters. The Morgan fingerprint density at radius 1 is 0.793 bits per heavy atom. The third kappa shape index (κ3) is 14.3. The average molecular weight is 809 g/mol. The fourth-order valence-corrected chi connectivity index (χ4v) is 6.03. The molecule has 1 heterocycles. The number of amides is 8. The molecule has 1 fully saturated rings. The number of hydrogen-bond donors (Lipinski definition) is 10. The number of benzene rings is 2. The maximum atomic E-state index is 13.1. The number of hydrogen-bond acceptors (Lipinski definition) is 11. The second-order valence-electron chi connectivity index (χ2n) is 14.0. The van der Waals surface area contributed by atoms with E-state index in [0.29, 0.717) is 6.42 Å². The first-order valence-corrected chi connectivity index (χ1v) is 19.1. The fourth-order valence-electron chi connectivity index (χ4n) is 6.03. The number of aliphatic hydroxyl groups is 1. The van der Waals surface area contributed by atoms with Crippen LogP contribution in [0, 0.1) is 0 Å². The van der Waals surface area contributed by atoms with Crippen LogP contribution < -0.4 is 37.6 Å². The predicted octanol–water partition coefficient (Wildman–Crippen LogP) is -2.61. The summed E-state index contributed by atoms with van der Waals surface area (Å²) < 4.78 is 0. The summed E-state index contributed by atoms with van der Waals surface area (Å²) in [5.74, 6) is -6.25. The van der Waals surface area contributed by atoms with Crippen LogP contribution in [0.15, 0.2) is 48.5 Å². The zero-order valence-electron chi connectivity index (χ0n) is 32.8. The van der Waals surface area contributed by atoms with Crippen molar-refractivity contribution in [1.29, 1.82) is 0 Å². The Balaban J connectivity index is 1.48. The lowest BCUT2D eigenvalue weighted by Crippen LogP contribution is -2.57. The topological polar surface area (TPSA) is 299 Å². The molecule has 2 aromatic rings. The van der Waals surface area contributed by atoms with Gasteiger partial charge in [0, 0.05) is 12.1 Å². The first kappa shape index (κ1) is 46.5. The summed E-state index contributed by atoms with van der Waals surface area (Å²) in [6.07, 6.45) is 2.72. The van der Waals surface area contributed by atoms with Gasteiger partial charge >= 0.3 is 7.12 Å². The second-order valence-corrected chi connectivity index (χ2v) is 14.0. The first-order chi connectivity index (χ1) is 27.5. The van der Waals surface area contributed by atoms with E-state index in [-0.39, 0.29) is 18.5 Å². The van der Waals surface area contributed by atoms with E-state index in [1.54, 1.807) is 24.3 Å². The minimum Gasteiger partial charge on any atom is -0.426 e. The molecule has 1 aliphatic heterocycles. The summed E-state index contributed by atoms with van der Waals surface area (Å²) in [5.41, 5.74) is 8.54. The van der Waals surface area contributed by atoms with Crippen LogP contribution in [0.4, 0.5) is 0 Å². The molecule has 0 aromatic heterocycles. The summed E-state index contributed by atoms with van der Waals surface area (Å²) in [4.78, 5) is 103. The van der Waals surface area contributed by atoms with Crippen LogP contribution in [0.5, 0.6) is 0 Å². The Morgan fingerprint density at radius 2 is 1.41 bits per heavy atom. The summed E-state index contributed by atoms with van der Waals surface area (Å²) in [5, 5.41) is 41.9. The highest BCUT2D eigenvalue weighted by Crippen LogP contribution is 2.21. The molecule has 0 saturated carbocycles. The number of carbonyl (C=O) groups is 8. The molecule has 2 aromatic carbocycles. The smallest absolute Gasteiger partial charge is 0.426 e. The second kappa shape index (κ2) is 22.8. The molecule has 11 N–H and O–H groups in total. The highest BCUT2D eigenvalue weighted by molar-refractivity contribution is 6.41. The number of carbonyl (C=O) groups excluding carboxylic acids is 8. The molecule has 314 valence electrons. The zero-order chi connectivity index (χ0) is 42.9. The predicted molar refractivity (Wildman–Crippen MR) is 211 cm³/mol. The van der Waals surface area contributed by atoms with Gasteiger partial charge in [0.25, 0.3) is 5.91 Å². The van der Waals surface area contributed by atoms with E-state index in [0.717, 1.165) is 30.4 Å². The first-order valence-electron chi connectivity index (χ1n) is 19.1. The van der Waals surface area contributed by atoms with Crippen LogP contribution in [0.25, 0.3) is 11.1 Å². The molecule has 0 bridgehead atoms. The van der Waals surface area contributed by atoms with Crippen molar-refractivity contribution in [2.75, 3.05) is 26.1 Å². The average Bonchev–Trinajstić information content (AvgIpc) is 3.70. The van der Waals surface area contributed by atoms with Crippen LogP contribution in [-0.2, 0) is 40.0 Å². The van der Waals surface area contributed by atoms with E-state index in [2.05, 4.69) is 51.0 Å². The highest BCUT2D eigenvalue weighted by atomic mass is 16.4. The quantitative estimate of drug-likeness (QED) is 0.0583. The number of nitrogens with one attached hydrogen (secondary N) is 6. The number of primary amides is 1. The Morgan fingerprint density at radius 3 is 2.00 bits per heavy atom. The highest BCUT2D eigenvalue weighted by Gasteiger charge is 2.36. The molecule has 1 saturated heterocycles. The van der Waals surface area contributed by atoms with Gasteiger partial charge in [0.15, 0.2) is 0 Å². The van der Waals surface area contributed by atoms with E-state index < -0.39 is 111 Å². The molecule has 5 atom stereocenters. The van der Waals surface area contributed by atoms with Crippen LogP contribution in [-0.4, -0.2) is 131 Å². The molecular formula is C38H53BN8O11. The number of nitrogens with zero attached hydrogens (tertiary/aromatic N) is 1. The zero-order valence-corrected chi connectivity index (χ0v) is 32.8. The lowest BCUT2D eigenvalue weighted by molar-refractivity contribution is -0.140. The molecule has 0 aliphatic carbocycles. The van der Waals surface area contributed by atoms with E-state index in [1.807, 2.05) is 12.1 Å². The fraction of sp³-hybridized carbons (Fsp3) is 0.474. The summed E-state index contributed by atoms with van der Waals surface area (Å²) in [6.45, 7) is 3.66. The minimum atomic E-state index is -1.88. The van der Waals surface area contributed by atoms with Gasteiger partial charge in [-0.1, -0.05) is 49.7 Å². The normalized spacial score (nSPS) is 15.5. The molecule has 20 heteroatoms. The largest absolute Gasteiger partial charge is 0.472 e. The molecule has 0 radical (unpaired) electrons. The van der Waals surface area contributed by atoms with E-state index in [9.17, 15) is 43.5 Å². The summed E-state index contributed by atoms with van der Waals surface area (Å²) >= 11 is 0. The van der Waals surface area contributed by atoms with Crippen LogP contribution in [0.3, 0.4) is 0 Å². The number of aliphatic hydroxyl groups excluding tert-OH is 1. The van der Waals surface area contributed by atoms with Gasteiger partial charge in [-0.25, -0.2) is 0 Å². The van der Waals surface area contributed by atoms with Crippen molar-refractivity contribution >= 4 is 54.4 Å². The number of rotatable bonds is 21. The van der Waals surface area contributed by atoms with Crippen molar-refractivity contribution in [3.8, 4) is 11.1 Å². The van der Waals surface area contributed by atoms with E-state index in [4.69, 9.17) is 15.8 Å². The molecule has 1 aliphatic rings. The van der Waals surface area contributed by atoms with Crippen molar-refractivity contribution in [3.63, 3.8) is 0 Å². The van der Waals surface area contributed by atoms with Gasteiger partial charge in [-0.15, -0.1) is 0 Å². The Labute approximate surface area is 336 Å². The Kier molecular flexibility index (Phi) is 18.3. The van der Waals surface area contributed by atoms with Crippen molar-refractivity contribution < 1.29 is 53.5 Å². The van der Waals surface area contributed by atoms with Crippen molar-refractivity contribution in [1.82, 2.24) is 36.8 Å². The van der Waals surface area contributed by atoms with Gasteiger partial charge in [0.2, 0.25) is 41.4 Å². The molecule has 3 rings (SSSR count). The van der Waals surface area contributed by atoms with Crippen molar-refractivity contribution in [2.45, 2.75) is 89.5 Å². The Bertz CT molecular complexity index is 1780. The van der Waals surface area contributed by atoms with Gasteiger partial charge in [-0.2, -0.15) is 0 Å². The van der Waals surface area contributed by atoms with E-state index in [1.165, 1.54) is 24.3 Å². The van der Waals surface area contributed by atoms with Crippen LogP contribution in [0.1, 0.15) is 68.8 Å². The number of unbranched alkanes of at least 4 members (excludes halogenated alkanes) is 1. The van der Waals surface area contributed by atoms with Gasteiger partial charge in [-0.3, -0.25) is 38.4 Å². The van der Waals surface area contributed by atoms with Crippen molar-refractivity contribution in [2.24, 2.45) is 5.73 Å². The SMILES string of the molecule is CCCCc1ccc(-c2ccc(C(=O)N[C@H](CO)C(=O)NC(C)C(=O)NCC(=O)N3CCCC3C(=O)N[C@@H](C)C(=O)N[C@@H](CC(N)=O)C(=O)NCB(O)O)cc2)cc1. The van der Waals surface area contributed by atoms with Gasteiger partial charge in [0.1, 0.15) is 30.2 Å². The lowest BCUT2D eigenvalue weighted by atomic mass is 9.92. The molecule has 0 spiro atoms. The minimum absolute atomic E-state index is 0.171. The summed E-state index contributed by atoms with van der Waals surface area (Å²) in [7, 11) is -1.88. The molecule has 8 amide bonds. The third-order valence-electron chi connectivity index (χ3n) is 9.35. The van der Waals surface area contributed by atoms with E-state index >= 15 is 0 Å². The van der Waals surface area contributed by atoms with Gasteiger partial charge in [-0.05, 0) is 68.4 Å². The monoisotopic (exact) mass is 808 g/mol. The van der Waals surface area contributed by atoms with Crippen molar-refractivity contribution in [3.05, 3.63) is 59.7 Å². The van der Waals surface area contributed by atoms with Gasteiger partial charge in [0.05, 0.1) is 26.0 Å². The van der Waals surface area contributed by atoms with Gasteiger partial charge < -0.3 is 57.7 Å². The standard InChI is InChI=1S/C38H53BN8O11/c1-4-5-7-24-9-11-25(12-10-24)26-13-15-27(16-14-26)35(53)46-29(20-48)37(55)43-22(2)33(51)41-19-32(50)47-17-6-8-30(47)38(56)44-23(3)34(52)45-28(18-31(40)49)36(54)42-21-39(57)58/h9-16,22-23,28-30,48,57-58H,4-8,17-21H2,1-3H3,(H2,40,49)(H,41,51)(H,42,54)(H,43,55)(H,44,56)(H,45,52)(H,46,53)/t22?,23-,28-,29+,30?/m0/s1. The number of nitrogens with two attached hydrogens (primary N) is 1. The Hall–Kier alpha value is -5.86. The number of aryl methyl sites for hydroxylation is 1. The molecule has 58 heavy (non-hydrogen) atoms. The maximum Gasteiger partial charge on any atom is 0.472 e. The van der Waals surface area contributed by atoms with Crippen LogP contribution in [0.2, 0.25) is 0 Å². The van der Waals surface area contributed by atoms with Crippen LogP contribution >= 0.6 is 0 Å². The summed E-state index contributed by atoms with van der Waals surface area (Å²) in [6, 6.07) is 8.65. The molecular weight excluding hydrogens is 755 g/mol. The lowest BCUT2D eigenvalue weighted by Gasteiger charge is -2.26.